The van der Waals surface area contributed by atoms with E-state index >= 15 is 0 Å². The first-order chi connectivity index (χ1) is 17.6. The van der Waals surface area contributed by atoms with E-state index in [1.165, 1.54) is 22.3 Å². The van der Waals surface area contributed by atoms with Gasteiger partial charge in [0.25, 0.3) is 5.91 Å². The number of rotatable bonds is 5. The lowest BCUT2D eigenvalue weighted by Crippen LogP contribution is -2.48. The van der Waals surface area contributed by atoms with E-state index < -0.39 is 0 Å². The van der Waals surface area contributed by atoms with Crippen molar-refractivity contribution >= 4 is 5.91 Å². The Labute approximate surface area is 210 Å². The van der Waals surface area contributed by atoms with Gasteiger partial charge in [-0.15, -0.1) is 0 Å². The molecule has 1 aliphatic heterocycles. The molecular formula is C29H29N5O2. The Morgan fingerprint density at radius 2 is 1.75 bits per heavy atom. The first-order valence-corrected chi connectivity index (χ1v) is 12.4. The smallest absolute Gasteiger partial charge is 0.270 e. The number of nitrogens with zero attached hydrogens (tertiary/aromatic N) is 4. The number of piperidine rings is 1. The van der Waals surface area contributed by atoms with Crippen LogP contribution in [0.5, 0.6) is 5.88 Å². The average Bonchev–Trinajstić information content (AvgIpc) is 3.49. The SMILES string of the molecule is COc1nc(C(=O)NC2CCCN(C3c4ccccc4-c4ccccc43)C2)ccc1-n1cnc(C)c1. The third-order valence-electron chi connectivity index (χ3n) is 7.21. The van der Waals surface area contributed by atoms with E-state index in [0.717, 1.165) is 37.3 Å². The Kier molecular flexibility index (Phi) is 5.77. The monoisotopic (exact) mass is 479 g/mol. The third-order valence-corrected chi connectivity index (χ3v) is 7.21. The largest absolute Gasteiger partial charge is 0.479 e. The number of carbonyl (C=O) groups is 1. The quantitative estimate of drug-likeness (QED) is 0.455. The Hall–Kier alpha value is -3.97. The second-order valence-corrected chi connectivity index (χ2v) is 9.53. The molecule has 1 unspecified atom stereocenters. The number of hydrogen-bond donors (Lipinski definition) is 1. The molecule has 0 saturated carbocycles. The molecule has 1 atom stereocenters. The molecule has 7 heteroatoms. The highest BCUT2D eigenvalue weighted by Gasteiger charge is 2.35. The normalized spacial score (nSPS) is 17.4. The Morgan fingerprint density at radius 1 is 1.03 bits per heavy atom. The predicted molar refractivity (Wildman–Crippen MR) is 138 cm³/mol. The molecule has 3 heterocycles. The topological polar surface area (TPSA) is 72.3 Å². The van der Waals surface area contributed by atoms with Crippen molar-refractivity contribution in [3.05, 3.63) is 95.7 Å². The summed E-state index contributed by atoms with van der Waals surface area (Å²) in [6.45, 7) is 3.72. The van der Waals surface area contributed by atoms with Crippen molar-refractivity contribution in [3.63, 3.8) is 0 Å². The highest BCUT2D eigenvalue weighted by Crippen LogP contribution is 2.46. The molecule has 4 aromatic rings. The zero-order valence-electron chi connectivity index (χ0n) is 20.5. The highest BCUT2D eigenvalue weighted by molar-refractivity contribution is 5.93. The molecule has 7 nitrogen and oxygen atoms in total. The maximum Gasteiger partial charge on any atom is 0.270 e. The number of hydrogen-bond acceptors (Lipinski definition) is 5. The Morgan fingerprint density at radius 3 is 2.42 bits per heavy atom. The van der Waals surface area contributed by atoms with Crippen LogP contribution >= 0.6 is 0 Å². The zero-order chi connectivity index (χ0) is 24.6. The van der Waals surface area contributed by atoms with Crippen LogP contribution in [0.4, 0.5) is 0 Å². The number of amides is 1. The summed E-state index contributed by atoms with van der Waals surface area (Å²) in [6, 6.07) is 21.2. The van der Waals surface area contributed by atoms with Gasteiger partial charge >= 0.3 is 0 Å². The summed E-state index contributed by atoms with van der Waals surface area (Å²) >= 11 is 0. The number of methoxy groups -OCH3 is 1. The first kappa shape index (κ1) is 22.5. The van der Waals surface area contributed by atoms with Crippen LogP contribution in [-0.2, 0) is 0 Å². The van der Waals surface area contributed by atoms with Crippen LogP contribution in [0.25, 0.3) is 16.8 Å². The highest BCUT2D eigenvalue weighted by atomic mass is 16.5. The van der Waals surface area contributed by atoms with E-state index in [0.29, 0.717) is 11.6 Å². The van der Waals surface area contributed by atoms with Crippen LogP contribution in [0, 0.1) is 6.92 Å². The summed E-state index contributed by atoms with van der Waals surface area (Å²) in [5.41, 5.74) is 7.32. The maximum absolute atomic E-state index is 13.2. The number of ether oxygens (including phenoxy) is 1. The fourth-order valence-corrected chi connectivity index (χ4v) is 5.60. The number of fused-ring (bicyclic) bond motifs is 3. The summed E-state index contributed by atoms with van der Waals surface area (Å²) in [7, 11) is 1.56. The van der Waals surface area contributed by atoms with Gasteiger partial charge in [-0.2, -0.15) is 0 Å². The maximum atomic E-state index is 13.2. The van der Waals surface area contributed by atoms with Gasteiger partial charge in [-0.1, -0.05) is 48.5 Å². The Bertz CT molecular complexity index is 1380. The average molecular weight is 480 g/mol. The van der Waals surface area contributed by atoms with Gasteiger partial charge in [0.1, 0.15) is 11.4 Å². The summed E-state index contributed by atoms with van der Waals surface area (Å²) in [5, 5.41) is 3.23. The van der Waals surface area contributed by atoms with Crippen molar-refractivity contribution < 1.29 is 9.53 Å². The van der Waals surface area contributed by atoms with Crippen LogP contribution in [0.1, 0.15) is 46.2 Å². The van der Waals surface area contributed by atoms with E-state index in [2.05, 4.69) is 68.7 Å². The molecular weight excluding hydrogens is 450 g/mol. The second kappa shape index (κ2) is 9.24. The molecule has 0 bridgehead atoms. The lowest BCUT2D eigenvalue weighted by atomic mass is 9.98. The fourth-order valence-electron chi connectivity index (χ4n) is 5.60. The van der Waals surface area contributed by atoms with Gasteiger partial charge in [0, 0.05) is 18.8 Å². The Balaban J connectivity index is 1.20. The second-order valence-electron chi connectivity index (χ2n) is 9.53. The van der Waals surface area contributed by atoms with Crippen molar-refractivity contribution in [1.82, 2.24) is 24.8 Å². The van der Waals surface area contributed by atoms with E-state index in [4.69, 9.17) is 4.74 Å². The number of likely N-dealkylation sites (tertiary alicyclic amines) is 1. The minimum atomic E-state index is -0.180. The summed E-state index contributed by atoms with van der Waals surface area (Å²) in [5.74, 6) is 0.213. The van der Waals surface area contributed by atoms with Crippen molar-refractivity contribution in [1.29, 1.82) is 0 Å². The van der Waals surface area contributed by atoms with Crippen LogP contribution in [0.3, 0.4) is 0 Å². The minimum absolute atomic E-state index is 0.0509. The van der Waals surface area contributed by atoms with Crippen LogP contribution < -0.4 is 10.1 Å². The number of benzene rings is 2. The third kappa shape index (κ3) is 3.95. The van der Waals surface area contributed by atoms with Crippen LogP contribution in [0.2, 0.25) is 0 Å². The first-order valence-electron chi connectivity index (χ1n) is 12.4. The van der Waals surface area contributed by atoms with Crippen molar-refractivity contribution in [2.75, 3.05) is 20.2 Å². The number of carbonyl (C=O) groups excluding carboxylic acids is 1. The van der Waals surface area contributed by atoms with Gasteiger partial charge in [0.2, 0.25) is 5.88 Å². The molecule has 0 spiro atoms. The van der Waals surface area contributed by atoms with E-state index in [-0.39, 0.29) is 18.0 Å². The molecule has 6 rings (SSSR count). The molecule has 1 aliphatic carbocycles. The van der Waals surface area contributed by atoms with Gasteiger partial charge in [-0.25, -0.2) is 9.97 Å². The molecule has 182 valence electrons. The van der Waals surface area contributed by atoms with Gasteiger partial charge in [-0.05, 0) is 60.7 Å². The predicted octanol–water partition coefficient (Wildman–Crippen LogP) is 4.55. The molecule has 1 fully saturated rings. The number of imidazole rings is 1. The molecule has 36 heavy (non-hydrogen) atoms. The lowest BCUT2D eigenvalue weighted by Gasteiger charge is -2.37. The molecule has 1 saturated heterocycles. The molecule has 2 aromatic heterocycles. The standard InChI is InChI=1S/C29H29N5O2/c1-19-16-34(18-30-19)26-14-13-25(32-29(26)36-2)28(35)31-20-8-7-15-33(17-20)27-23-11-5-3-9-21(23)22-10-4-6-12-24(22)27/h3-6,9-14,16,18,20,27H,7-8,15,17H2,1-2H3,(H,31,35). The number of aryl methyl sites for hydroxylation is 1. The van der Waals surface area contributed by atoms with Crippen molar-refractivity contribution in [2.24, 2.45) is 0 Å². The van der Waals surface area contributed by atoms with E-state index in [1.807, 2.05) is 23.8 Å². The van der Waals surface area contributed by atoms with Crippen LogP contribution in [0.15, 0.2) is 73.2 Å². The molecule has 2 aromatic carbocycles. The molecule has 1 amide bonds. The fraction of sp³-hybridized carbons (Fsp3) is 0.276. The van der Waals surface area contributed by atoms with Crippen LogP contribution in [-0.4, -0.2) is 51.6 Å². The number of nitrogens with one attached hydrogen (secondary N) is 1. The van der Waals surface area contributed by atoms with Gasteiger partial charge < -0.3 is 14.6 Å². The molecule has 1 N–H and O–H groups in total. The van der Waals surface area contributed by atoms with Gasteiger partial charge in [-0.3, -0.25) is 9.69 Å². The lowest BCUT2D eigenvalue weighted by molar-refractivity contribution is 0.0883. The van der Waals surface area contributed by atoms with E-state index in [1.54, 1.807) is 19.5 Å². The summed E-state index contributed by atoms with van der Waals surface area (Å²) in [6.07, 6.45) is 5.59. The number of aromatic nitrogens is 3. The van der Waals surface area contributed by atoms with Gasteiger partial charge in [0.15, 0.2) is 0 Å². The zero-order valence-corrected chi connectivity index (χ0v) is 20.5. The number of pyridine rings is 1. The van der Waals surface area contributed by atoms with Crippen molar-refractivity contribution in [2.45, 2.75) is 31.8 Å². The van der Waals surface area contributed by atoms with Gasteiger partial charge in [0.05, 0.1) is 25.2 Å². The van der Waals surface area contributed by atoms with E-state index in [9.17, 15) is 4.79 Å². The summed E-state index contributed by atoms with van der Waals surface area (Å²) in [4.78, 5) is 24.5. The molecule has 2 aliphatic rings. The minimum Gasteiger partial charge on any atom is -0.479 e. The summed E-state index contributed by atoms with van der Waals surface area (Å²) < 4.78 is 7.34. The van der Waals surface area contributed by atoms with Crippen molar-refractivity contribution in [3.8, 4) is 22.7 Å². The molecule has 0 radical (unpaired) electrons.